The van der Waals surface area contributed by atoms with Crippen molar-refractivity contribution in [2.75, 3.05) is 0 Å². The molecule has 1 saturated heterocycles. The molecule has 162 valence electrons. The Bertz CT molecular complexity index is 1590. The van der Waals surface area contributed by atoms with Crippen LogP contribution in [0.15, 0.2) is 116 Å². The van der Waals surface area contributed by atoms with Crippen LogP contribution in [0.4, 0.5) is 0 Å². The van der Waals surface area contributed by atoms with Crippen LogP contribution in [0.25, 0.3) is 38.6 Å². The zero-order valence-corrected chi connectivity index (χ0v) is 18.3. The van der Waals surface area contributed by atoms with Crippen LogP contribution in [0.1, 0.15) is 5.56 Å². The van der Waals surface area contributed by atoms with Crippen molar-refractivity contribution in [3.63, 3.8) is 0 Å². The molecule has 4 heterocycles. The average Bonchev–Trinajstić information content (AvgIpc) is 3.55. The largest absolute Gasteiger partial charge is 0.267 e. The van der Waals surface area contributed by atoms with E-state index >= 15 is 0 Å². The van der Waals surface area contributed by atoms with E-state index in [1.54, 1.807) is 6.20 Å². The van der Waals surface area contributed by atoms with Crippen molar-refractivity contribution in [2.45, 2.75) is 6.17 Å². The van der Waals surface area contributed by atoms with Gasteiger partial charge in [-0.05, 0) is 47.0 Å². The van der Waals surface area contributed by atoms with Crippen LogP contribution < -0.4 is 0 Å². The summed E-state index contributed by atoms with van der Waals surface area (Å²) in [5.74, 6) is 0.395. The third kappa shape index (κ3) is 2.74. The Balaban J connectivity index is 1.28. The summed E-state index contributed by atoms with van der Waals surface area (Å²) in [7, 11) is 0. The number of para-hydroxylation sites is 1. The van der Waals surface area contributed by atoms with Gasteiger partial charge in [-0.15, -0.1) is 0 Å². The Morgan fingerprint density at radius 1 is 0.765 bits per heavy atom. The van der Waals surface area contributed by atoms with Crippen LogP contribution in [0.5, 0.6) is 0 Å². The maximum Gasteiger partial charge on any atom is 0.226 e. The summed E-state index contributed by atoms with van der Waals surface area (Å²) >= 11 is 0. The molecular formula is C29H21N5. The molecular weight excluding hydrogens is 418 g/mol. The third-order valence-electron chi connectivity index (χ3n) is 6.63. The normalized spacial score (nSPS) is 16.6. The summed E-state index contributed by atoms with van der Waals surface area (Å²) in [4.78, 5) is 4.63. The second-order valence-electron chi connectivity index (χ2n) is 8.56. The van der Waals surface area contributed by atoms with Gasteiger partial charge < -0.3 is 0 Å². The van der Waals surface area contributed by atoms with Gasteiger partial charge in [0.15, 0.2) is 6.17 Å². The molecule has 3 aromatic carbocycles. The number of aromatic nitrogens is 2. The number of hydrogen-bond donors (Lipinski definition) is 1. The molecule has 0 radical (unpaired) electrons. The van der Waals surface area contributed by atoms with E-state index in [9.17, 15) is 5.41 Å². The van der Waals surface area contributed by atoms with Gasteiger partial charge >= 0.3 is 0 Å². The fourth-order valence-electron chi connectivity index (χ4n) is 5.03. The van der Waals surface area contributed by atoms with Crippen LogP contribution in [-0.2, 0) is 0 Å². The maximum absolute atomic E-state index is 9.20. The Morgan fingerprint density at radius 3 is 2.44 bits per heavy atom. The number of benzene rings is 3. The molecule has 1 N–H and O–H groups in total. The zero-order valence-electron chi connectivity index (χ0n) is 18.3. The first-order valence-corrected chi connectivity index (χ1v) is 11.4. The minimum atomic E-state index is -0.0107. The SMILES string of the molecule is N=C(N1C2C(c3cccc(-c4ccccc4)c3)=CC=CN21)n1c2ccccc2c2cccnc21. The topological polar surface area (TPSA) is 47.7 Å². The van der Waals surface area contributed by atoms with Crippen LogP contribution >= 0.6 is 0 Å². The number of rotatable bonds is 2. The number of nitrogens with one attached hydrogen (secondary N) is 1. The lowest BCUT2D eigenvalue weighted by Gasteiger charge is -2.11. The maximum atomic E-state index is 9.20. The first-order chi connectivity index (χ1) is 16.8. The average molecular weight is 440 g/mol. The van der Waals surface area contributed by atoms with Crippen molar-refractivity contribution >= 4 is 33.5 Å². The van der Waals surface area contributed by atoms with Gasteiger partial charge in [-0.3, -0.25) is 15.0 Å². The molecule has 2 aliphatic rings. The predicted molar refractivity (Wildman–Crippen MR) is 137 cm³/mol. The van der Waals surface area contributed by atoms with Crippen molar-refractivity contribution < 1.29 is 0 Å². The highest BCUT2D eigenvalue weighted by Gasteiger charge is 2.50. The molecule has 34 heavy (non-hydrogen) atoms. The van der Waals surface area contributed by atoms with Gasteiger partial charge in [-0.2, -0.15) is 0 Å². The second-order valence-corrected chi connectivity index (χ2v) is 8.56. The summed E-state index contributed by atoms with van der Waals surface area (Å²) < 4.78 is 1.95. The monoisotopic (exact) mass is 439 g/mol. The van der Waals surface area contributed by atoms with Crippen molar-refractivity contribution in [3.05, 3.63) is 121 Å². The lowest BCUT2D eigenvalue weighted by atomic mass is 9.97. The minimum Gasteiger partial charge on any atom is -0.267 e. The fraction of sp³-hybridized carbons (Fsp3) is 0.0345. The molecule has 0 bridgehead atoms. The Kier molecular flexibility index (Phi) is 3.99. The van der Waals surface area contributed by atoms with E-state index in [1.807, 2.05) is 40.0 Å². The third-order valence-corrected chi connectivity index (χ3v) is 6.63. The van der Waals surface area contributed by atoms with Crippen molar-refractivity contribution in [3.8, 4) is 11.1 Å². The van der Waals surface area contributed by atoms with E-state index in [0.717, 1.165) is 27.5 Å². The molecule has 2 aliphatic heterocycles. The quantitative estimate of drug-likeness (QED) is 0.205. The molecule has 1 fully saturated rings. The highest BCUT2D eigenvalue weighted by atomic mass is 15.9. The summed E-state index contributed by atoms with van der Waals surface area (Å²) in [5, 5.41) is 15.5. The van der Waals surface area contributed by atoms with Gasteiger partial charge in [-0.25, -0.2) is 9.99 Å². The molecule has 0 amide bonds. The summed E-state index contributed by atoms with van der Waals surface area (Å²) in [6, 6.07) is 31.3. The number of hydrogen-bond acceptors (Lipinski definition) is 3. The Morgan fingerprint density at radius 2 is 1.53 bits per heavy atom. The number of nitrogens with zero attached hydrogens (tertiary/aromatic N) is 4. The van der Waals surface area contributed by atoms with E-state index < -0.39 is 0 Å². The van der Waals surface area contributed by atoms with Gasteiger partial charge in [-0.1, -0.05) is 72.8 Å². The van der Waals surface area contributed by atoms with Crippen LogP contribution in [-0.4, -0.2) is 31.7 Å². The predicted octanol–water partition coefficient (Wildman–Crippen LogP) is 6.11. The Hall–Kier alpha value is -4.64. The molecule has 0 aliphatic carbocycles. The van der Waals surface area contributed by atoms with Crippen LogP contribution in [0, 0.1) is 5.41 Å². The van der Waals surface area contributed by atoms with Gasteiger partial charge in [0.2, 0.25) is 5.96 Å². The molecule has 5 aromatic rings. The van der Waals surface area contributed by atoms with Crippen molar-refractivity contribution in [2.24, 2.45) is 0 Å². The summed E-state index contributed by atoms with van der Waals surface area (Å²) in [5.41, 5.74) is 6.53. The van der Waals surface area contributed by atoms with E-state index in [2.05, 4.69) is 88.9 Å². The number of fused-ring (bicyclic) bond motifs is 4. The van der Waals surface area contributed by atoms with E-state index in [-0.39, 0.29) is 6.17 Å². The standard InChI is InChI=1S/C29H21N5/c30-29(33-26-16-5-4-13-24(26)25-14-7-17-31-27(25)33)34-28-23(15-8-18-32(28)34)22-12-6-11-21(19-22)20-9-2-1-3-10-20/h1-19,28,30H. The molecule has 0 saturated carbocycles. The molecule has 1 unspecified atom stereocenters. The lowest BCUT2D eigenvalue weighted by Crippen LogP contribution is -2.23. The molecule has 1 atom stereocenters. The number of hydrazine groups is 1. The first kappa shape index (κ1) is 18.9. The lowest BCUT2D eigenvalue weighted by molar-refractivity contribution is 0.510. The fourth-order valence-corrected chi connectivity index (χ4v) is 5.03. The van der Waals surface area contributed by atoms with Crippen LogP contribution in [0.3, 0.4) is 0 Å². The van der Waals surface area contributed by atoms with Gasteiger partial charge in [0, 0.05) is 28.7 Å². The van der Waals surface area contributed by atoms with Crippen molar-refractivity contribution in [1.29, 1.82) is 5.41 Å². The molecule has 0 spiro atoms. The minimum absolute atomic E-state index is 0.0107. The number of allylic oxidation sites excluding steroid dienone is 2. The molecule has 7 rings (SSSR count). The van der Waals surface area contributed by atoms with Gasteiger partial charge in [0.1, 0.15) is 5.65 Å². The molecule has 2 aromatic heterocycles. The van der Waals surface area contributed by atoms with Crippen LogP contribution in [0.2, 0.25) is 0 Å². The molecule has 5 nitrogen and oxygen atoms in total. The van der Waals surface area contributed by atoms with E-state index in [0.29, 0.717) is 5.96 Å². The smallest absolute Gasteiger partial charge is 0.226 e. The number of pyridine rings is 1. The highest BCUT2D eigenvalue weighted by Crippen LogP contribution is 2.42. The highest BCUT2D eigenvalue weighted by molar-refractivity contribution is 6.12. The first-order valence-electron chi connectivity index (χ1n) is 11.4. The van der Waals surface area contributed by atoms with Gasteiger partial charge in [0.25, 0.3) is 0 Å². The van der Waals surface area contributed by atoms with E-state index in [4.69, 9.17) is 0 Å². The zero-order chi connectivity index (χ0) is 22.6. The van der Waals surface area contributed by atoms with Crippen molar-refractivity contribution in [1.82, 2.24) is 19.6 Å². The summed E-state index contributed by atoms with van der Waals surface area (Å²) in [6.45, 7) is 0. The Labute approximate surface area is 197 Å². The summed E-state index contributed by atoms with van der Waals surface area (Å²) in [6.07, 6.45) is 8.02. The molecule has 5 heteroatoms. The van der Waals surface area contributed by atoms with E-state index in [1.165, 1.54) is 16.7 Å². The second kappa shape index (κ2) is 7.18. The van der Waals surface area contributed by atoms with Gasteiger partial charge in [0.05, 0.1) is 5.52 Å².